The molecule has 0 bridgehead atoms. The van der Waals surface area contributed by atoms with Gasteiger partial charge in [-0.15, -0.1) is 0 Å². The predicted octanol–water partition coefficient (Wildman–Crippen LogP) is 3.15. The minimum absolute atomic E-state index is 0.130. The van der Waals surface area contributed by atoms with Crippen molar-refractivity contribution in [2.24, 2.45) is 0 Å². The van der Waals surface area contributed by atoms with E-state index in [1.54, 1.807) is 30.9 Å². The highest BCUT2D eigenvalue weighted by molar-refractivity contribution is 6.02. The van der Waals surface area contributed by atoms with Gasteiger partial charge < -0.3 is 20.1 Å². The molecule has 0 spiro atoms. The fourth-order valence-electron chi connectivity index (χ4n) is 3.22. The summed E-state index contributed by atoms with van der Waals surface area (Å²) in [5.74, 6) is -0.895. The molecule has 0 fully saturated rings. The zero-order valence-corrected chi connectivity index (χ0v) is 17.9. The Labute approximate surface area is 182 Å². The summed E-state index contributed by atoms with van der Waals surface area (Å²) in [5.41, 5.74) is 0.268. The normalized spacial score (nSPS) is 14.9. The number of amides is 2. The minimum Gasteiger partial charge on any atom is -0.468 e. The monoisotopic (exact) mass is 452 g/mol. The van der Waals surface area contributed by atoms with Crippen molar-refractivity contribution in [3.8, 4) is 5.88 Å². The third kappa shape index (κ3) is 4.98. The Bertz CT molecular complexity index is 1050. The number of pyridine rings is 2. The van der Waals surface area contributed by atoms with Gasteiger partial charge in [-0.05, 0) is 45.4 Å². The van der Waals surface area contributed by atoms with Gasteiger partial charge in [-0.3, -0.25) is 9.59 Å². The van der Waals surface area contributed by atoms with Gasteiger partial charge in [-0.2, -0.15) is 13.2 Å². The number of fused-ring (bicyclic) bond motifs is 1. The van der Waals surface area contributed by atoms with Crippen LogP contribution in [0.25, 0.3) is 0 Å². The average molecular weight is 452 g/mol. The van der Waals surface area contributed by atoms with Crippen LogP contribution in [0.15, 0.2) is 24.5 Å². The van der Waals surface area contributed by atoms with Crippen molar-refractivity contribution >= 4 is 17.6 Å². The number of halogens is 3. The van der Waals surface area contributed by atoms with E-state index in [-0.39, 0.29) is 24.1 Å². The first-order chi connectivity index (χ1) is 14.8. The lowest BCUT2D eigenvalue weighted by molar-refractivity contribution is -0.154. The zero-order chi connectivity index (χ0) is 23.8. The number of hydrogen-bond acceptors (Lipinski definition) is 6. The fraction of sp³-hybridized carbons (Fsp3) is 0.429. The van der Waals surface area contributed by atoms with Crippen molar-refractivity contribution in [2.75, 3.05) is 11.9 Å². The number of rotatable bonds is 6. The number of aryl methyl sites for hydroxylation is 1. The van der Waals surface area contributed by atoms with Crippen LogP contribution in [0.2, 0.25) is 0 Å². The van der Waals surface area contributed by atoms with Gasteiger partial charge in [0, 0.05) is 29.1 Å². The quantitative estimate of drug-likeness (QED) is 0.698. The molecule has 0 saturated heterocycles. The van der Waals surface area contributed by atoms with Gasteiger partial charge in [0.2, 0.25) is 5.88 Å². The first-order valence-corrected chi connectivity index (χ1v) is 9.76. The molecule has 3 rings (SSSR count). The van der Waals surface area contributed by atoms with Gasteiger partial charge in [0.05, 0.1) is 12.6 Å². The molecule has 8 nitrogen and oxygen atoms in total. The lowest BCUT2D eigenvalue weighted by Crippen LogP contribution is -2.37. The largest absolute Gasteiger partial charge is 0.468 e. The summed E-state index contributed by atoms with van der Waals surface area (Å²) in [5, 5.41) is 12.4. The van der Waals surface area contributed by atoms with E-state index in [0.717, 1.165) is 0 Å². The van der Waals surface area contributed by atoms with E-state index in [1.807, 2.05) is 0 Å². The van der Waals surface area contributed by atoms with Gasteiger partial charge in [0.1, 0.15) is 11.4 Å². The van der Waals surface area contributed by atoms with E-state index in [4.69, 9.17) is 4.74 Å². The Kier molecular flexibility index (Phi) is 6.14. The van der Waals surface area contributed by atoms with Gasteiger partial charge in [0.15, 0.2) is 6.61 Å². The number of ether oxygens (including phenoxy) is 1. The maximum Gasteiger partial charge on any atom is 0.422 e. The molecule has 2 N–H and O–H groups in total. The Hall–Kier alpha value is -3.21. The molecule has 0 aliphatic carbocycles. The smallest absolute Gasteiger partial charge is 0.422 e. The molecule has 1 aliphatic rings. The second-order valence-corrected chi connectivity index (χ2v) is 8.10. The highest BCUT2D eigenvalue weighted by Crippen LogP contribution is 2.35. The Balaban J connectivity index is 1.80. The van der Waals surface area contributed by atoms with Crippen LogP contribution in [0, 0.1) is 6.92 Å². The molecule has 1 aliphatic heterocycles. The van der Waals surface area contributed by atoms with Crippen LogP contribution in [0.3, 0.4) is 0 Å². The first-order valence-electron chi connectivity index (χ1n) is 9.76. The standard InChI is InChI=1S/C21H23F3N4O4/c1-11-7-13(8-26-17(11)32-10-21(22,23)24)12(2)28-9-15-14(18(28)29)5-6-25-16(15)27-19(30)20(3,4)31/h5-8,12,31H,9-10H2,1-4H3,(H,25,27,30). The van der Waals surface area contributed by atoms with Crippen molar-refractivity contribution in [2.45, 2.75) is 52.1 Å². The number of aromatic nitrogens is 2. The number of nitrogens with one attached hydrogen (secondary N) is 1. The number of carbonyl (C=O) groups is 2. The van der Waals surface area contributed by atoms with Crippen LogP contribution >= 0.6 is 0 Å². The second kappa shape index (κ2) is 8.38. The molecule has 11 heteroatoms. The van der Waals surface area contributed by atoms with E-state index in [1.165, 1.54) is 26.2 Å². The van der Waals surface area contributed by atoms with Crippen molar-refractivity contribution in [1.29, 1.82) is 0 Å². The fourth-order valence-corrected chi connectivity index (χ4v) is 3.22. The zero-order valence-electron chi connectivity index (χ0n) is 17.9. The summed E-state index contributed by atoms with van der Waals surface area (Å²) in [4.78, 5) is 34.8. The molecule has 3 heterocycles. The summed E-state index contributed by atoms with van der Waals surface area (Å²) >= 11 is 0. The molecule has 0 radical (unpaired) electrons. The van der Waals surface area contributed by atoms with E-state index >= 15 is 0 Å². The summed E-state index contributed by atoms with van der Waals surface area (Å²) < 4.78 is 41.9. The molecule has 172 valence electrons. The Morgan fingerprint density at radius 2 is 2.03 bits per heavy atom. The molecule has 2 aromatic heterocycles. The van der Waals surface area contributed by atoms with Crippen LogP contribution < -0.4 is 10.1 Å². The SMILES string of the molecule is Cc1cc(C(C)N2Cc3c(ccnc3NC(=O)C(C)(C)O)C2=O)cnc1OCC(F)(F)F. The van der Waals surface area contributed by atoms with E-state index in [2.05, 4.69) is 15.3 Å². The predicted molar refractivity (Wildman–Crippen MR) is 108 cm³/mol. The van der Waals surface area contributed by atoms with Gasteiger partial charge in [-0.1, -0.05) is 0 Å². The summed E-state index contributed by atoms with van der Waals surface area (Å²) in [6.07, 6.45) is -1.71. The van der Waals surface area contributed by atoms with Crippen LogP contribution in [-0.2, 0) is 11.3 Å². The molecular weight excluding hydrogens is 429 g/mol. The number of carbonyl (C=O) groups excluding carboxylic acids is 2. The minimum atomic E-state index is -4.47. The van der Waals surface area contributed by atoms with Gasteiger partial charge >= 0.3 is 6.18 Å². The number of alkyl halides is 3. The summed E-state index contributed by atoms with van der Waals surface area (Å²) in [6, 6.07) is 2.70. The maximum absolute atomic E-state index is 13.0. The topological polar surface area (TPSA) is 105 Å². The third-order valence-corrected chi connectivity index (χ3v) is 5.04. The first kappa shape index (κ1) is 23.5. The van der Waals surface area contributed by atoms with E-state index < -0.39 is 30.3 Å². The number of hydrogen-bond donors (Lipinski definition) is 2. The molecule has 2 aromatic rings. The summed E-state index contributed by atoms with van der Waals surface area (Å²) in [6.45, 7) is 4.71. The maximum atomic E-state index is 13.0. The van der Waals surface area contributed by atoms with E-state index in [0.29, 0.717) is 22.3 Å². The molecule has 0 aromatic carbocycles. The number of aliphatic hydroxyl groups is 1. The molecule has 2 amide bonds. The number of anilines is 1. The van der Waals surface area contributed by atoms with Crippen molar-refractivity contribution in [3.05, 3.63) is 46.8 Å². The third-order valence-electron chi connectivity index (χ3n) is 5.04. The molecule has 0 saturated carbocycles. The Morgan fingerprint density at radius 1 is 1.34 bits per heavy atom. The second-order valence-electron chi connectivity index (χ2n) is 8.10. The van der Waals surface area contributed by atoms with E-state index in [9.17, 15) is 27.9 Å². The lowest BCUT2D eigenvalue weighted by atomic mass is 10.1. The molecular formula is C21H23F3N4O4. The number of nitrogens with zero attached hydrogens (tertiary/aromatic N) is 3. The average Bonchev–Trinajstić information content (AvgIpc) is 3.03. The van der Waals surface area contributed by atoms with Gasteiger partial charge in [-0.25, -0.2) is 9.97 Å². The molecule has 1 unspecified atom stereocenters. The van der Waals surface area contributed by atoms with Crippen molar-refractivity contribution in [1.82, 2.24) is 14.9 Å². The van der Waals surface area contributed by atoms with Crippen LogP contribution in [0.5, 0.6) is 5.88 Å². The van der Waals surface area contributed by atoms with Crippen LogP contribution in [0.1, 0.15) is 53.9 Å². The highest BCUT2D eigenvalue weighted by Gasteiger charge is 2.35. The van der Waals surface area contributed by atoms with Crippen molar-refractivity contribution in [3.63, 3.8) is 0 Å². The van der Waals surface area contributed by atoms with Crippen LogP contribution in [0.4, 0.5) is 19.0 Å². The van der Waals surface area contributed by atoms with Gasteiger partial charge in [0.25, 0.3) is 11.8 Å². The molecule has 1 atom stereocenters. The van der Waals surface area contributed by atoms with Crippen LogP contribution in [-0.4, -0.2) is 50.2 Å². The molecule has 32 heavy (non-hydrogen) atoms. The highest BCUT2D eigenvalue weighted by atomic mass is 19.4. The van der Waals surface area contributed by atoms with Crippen molar-refractivity contribution < 1.29 is 32.6 Å². The summed E-state index contributed by atoms with van der Waals surface area (Å²) in [7, 11) is 0. The lowest BCUT2D eigenvalue weighted by Gasteiger charge is -2.25. The Morgan fingerprint density at radius 3 is 2.62 bits per heavy atom.